The average Bonchev–Trinajstić information content (AvgIpc) is 2.63. The normalized spacial score (nSPS) is 10.7. The van der Waals surface area contributed by atoms with E-state index in [1.807, 2.05) is 5.38 Å². The SMILES string of the molecule is Cc1nn(C)c(-c2nccs2)c1F. The van der Waals surface area contributed by atoms with Gasteiger partial charge in [0.05, 0.1) is 5.69 Å². The Bertz CT molecular complexity index is 419. The summed E-state index contributed by atoms with van der Waals surface area (Å²) in [5.74, 6) is -0.280. The molecule has 0 bridgehead atoms. The van der Waals surface area contributed by atoms with Crippen LogP contribution in [0.25, 0.3) is 10.7 Å². The van der Waals surface area contributed by atoms with E-state index in [0.29, 0.717) is 16.4 Å². The molecule has 5 heteroatoms. The number of halogens is 1. The molecule has 2 aromatic rings. The van der Waals surface area contributed by atoms with E-state index < -0.39 is 0 Å². The third-order valence-corrected chi connectivity index (χ3v) is 2.56. The topological polar surface area (TPSA) is 30.7 Å². The van der Waals surface area contributed by atoms with E-state index in [9.17, 15) is 4.39 Å². The first-order valence-electron chi connectivity index (χ1n) is 3.79. The maximum atomic E-state index is 13.5. The largest absolute Gasteiger partial charge is 0.262 e. The lowest BCUT2D eigenvalue weighted by atomic mass is 10.3. The molecule has 0 N–H and O–H groups in total. The molecule has 0 fully saturated rings. The summed E-state index contributed by atoms with van der Waals surface area (Å²) in [6.07, 6.45) is 1.65. The van der Waals surface area contributed by atoms with Gasteiger partial charge in [-0.15, -0.1) is 11.3 Å². The fourth-order valence-electron chi connectivity index (χ4n) is 1.20. The summed E-state index contributed by atoms with van der Waals surface area (Å²) in [5.41, 5.74) is 0.875. The molecular formula is C8H8FN3S. The molecular weight excluding hydrogens is 189 g/mol. The number of aryl methyl sites for hydroxylation is 2. The standard InChI is InChI=1S/C8H8FN3S/c1-5-6(9)7(12(2)11-5)8-10-3-4-13-8/h3-4H,1-2H3. The molecule has 0 amide bonds. The molecule has 3 nitrogen and oxygen atoms in total. The molecule has 0 atom stereocenters. The highest BCUT2D eigenvalue weighted by molar-refractivity contribution is 7.13. The monoisotopic (exact) mass is 197 g/mol. The fourth-order valence-corrected chi connectivity index (χ4v) is 1.91. The molecule has 0 aromatic carbocycles. The predicted molar refractivity (Wildman–Crippen MR) is 49.0 cm³/mol. The van der Waals surface area contributed by atoms with Gasteiger partial charge in [0.15, 0.2) is 5.82 Å². The van der Waals surface area contributed by atoms with Crippen molar-refractivity contribution >= 4 is 11.3 Å². The van der Waals surface area contributed by atoms with Crippen LogP contribution in [0.3, 0.4) is 0 Å². The minimum atomic E-state index is -0.280. The maximum Gasteiger partial charge on any atom is 0.174 e. The molecule has 2 heterocycles. The van der Waals surface area contributed by atoms with Crippen molar-refractivity contribution in [1.29, 1.82) is 0 Å². The molecule has 0 unspecified atom stereocenters. The van der Waals surface area contributed by atoms with E-state index in [0.717, 1.165) is 0 Å². The van der Waals surface area contributed by atoms with Crippen molar-refractivity contribution in [3.05, 3.63) is 23.1 Å². The predicted octanol–water partition coefficient (Wildman–Crippen LogP) is 1.99. The van der Waals surface area contributed by atoms with Crippen molar-refractivity contribution in [3.63, 3.8) is 0 Å². The third kappa shape index (κ3) is 1.25. The van der Waals surface area contributed by atoms with Gasteiger partial charge in [0.25, 0.3) is 0 Å². The first-order valence-corrected chi connectivity index (χ1v) is 4.67. The van der Waals surface area contributed by atoms with Gasteiger partial charge in [-0.2, -0.15) is 5.10 Å². The molecule has 0 saturated heterocycles. The van der Waals surface area contributed by atoms with E-state index in [4.69, 9.17) is 0 Å². The zero-order valence-electron chi connectivity index (χ0n) is 7.28. The van der Waals surface area contributed by atoms with Crippen LogP contribution >= 0.6 is 11.3 Å². The van der Waals surface area contributed by atoms with Gasteiger partial charge in [-0.05, 0) is 6.92 Å². The molecule has 13 heavy (non-hydrogen) atoms. The molecule has 0 aliphatic heterocycles. The van der Waals surface area contributed by atoms with Crippen LogP contribution in [0.4, 0.5) is 4.39 Å². The van der Waals surface area contributed by atoms with Crippen molar-refractivity contribution in [2.24, 2.45) is 7.05 Å². The van der Waals surface area contributed by atoms with Crippen molar-refractivity contribution in [2.45, 2.75) is 6.92 Å². The van der Waals surface area contributed by atoms with Crippen molar-refractivity contribution in [3.8, 4) is 10.7 Å². The van der Waals surface area contributed by atoms with E-state index >= 15 is 0 Å². The Labute approximate surface area is 78.9 Å². The second-order valence-corrected chi connectivity index (χ2v) is 3.60. The number of hydrogen-bond donors (Lipinski definition) is 0. The second-order valence-electron chi connectivity index (χ2n) is 2.71. The molecule has 0 aliphatic rings. The lowest BCUT2D eigenvalue weighted by Crippen LogP contribution is -1.93. The van der Waals surface area contributed by atoms with Gasteiger partial charge >= 0.3 is 0 Å². The highest BCUT2D eigenvalue weighted by Gasteiger charge is 2.16. The van der Waals surface area contributed by atoms with Gasteiger partial charge in [0, 0.05) is 18.6 Å². The van der Waals surface area contributed by atoms with Crippen LogP contribution in [0, 0.1) is 12.7 Å². The summed E-state index contributed by atoms with van der Waals surface area (Å²) < 4.78 is 15.0. The van der Waals surface area contributed by atoms with Gasteiger partial charge < -0.3 is 0 Å². The molecule has 0 radical (unpaired) electrons. The molecule has 0 saturated carbocycles. The molecule has 0 aliphatic carbocycles. The van der Waals surface area contributed by atoms with Crippen molar-refractivity contribution in [1.82, 2.24) is 14.8 Å². The van der Waals surface area contributed by atoms with Crippen LogP contribution < -0.4 is 0 Å². The van der Waals surface area contributed by atoms with Crippen molar-refractivity contribution < 1.29 is 4.39 Å². The summed E-state index contributed by atoms with van der Waals surface area (Å²) in [6.45, 7) is 1.65. The van der Waals surface area contributed by atoms with E-state index in [1.165, 1.54) is 16.0 Å². The van der Waals surface area contributed by atoms with E-state index in [2.05, 4.69) is 10.1 Å². The quantitative estimate of drug-likeness (QED) is 0.700. The van der Waals surface area contributed by atoms with E-state index in [1.54, 1.807) is 20.2 Å². The van der Waals surface area contributed by atoms with Crippen LogP contribution in [-0.4, -0.2) is 14.8 Å². The minimum Gasteiger partial charge on any atom is -0.262 e. The molecule has 2 rings (SSSR count). The lowest BCUT2D eigenvalue weighted by molar-refractivity contribution is 0.621. The zero-order chi connectivity index (χ0) is 9.42. The first-order chi connectivity index (χ1) is 6.20. The van der Waals surface area contributed by atoms with Gasteiger partial charge in [-0.1, -0.05) is 0 Å². The minimum absolute atomic E-state index is 0.280. The number of aromatic nitrogens is 3. The van der Waals surface area contributed by atoms with Crippen molar-refractivity contribution in [2.75, 3.05) is 0 Å². The Morgan fingerprint density at radius 2 is 2.31 bits per heavy atom. The smallest absolute Gasteiger partial charge is 0.174 e. The Hall–Kier alpha value is -1.23. The number of rotatable bonds is 1. The van der Waals surface area contributed by atoms with Gasteiger partial charge in [0.1, 0.15) is 10.7 Å². The second kappa shape index (κ2) is 2.92. The first kappa shape index (κ1) is 8.37. The summed E-state index contributed by atoms with van der Waals surface area (Å²) in [6, 6.07) is 0. The Kier molecular flexibility index (Phi) is 1.88. The number of nitrogens with zero attached hydrogens (tertiary/aromatic N) is 3. The fraction of sp³-hybridized carbons (Fsp3) is 0.250. The van der Waals surface area contributed by atoms with Crippen LogP contribution in [0.5, 0.6) is 0 Å². The maximum absolute atomic E-state index is 13.5. The number of thiazole rings is 1. The van der Waals surface area contributed by atoms with Crippen LogP contribution in [0.15, 0.2) is 11.6 Å². The lowest BCUT2D eigenvalue weighted by Gasteiger charge is -1.95. The zero-order valence-corrected chi connectivity index (χ0v) is 8.10. The Morgan fingerprint density at radius 3 is 2.77 bits per heavy atom. The number of hydrogen-bond acceptors (Lipinski definition) is 3. The third-order valence-electron chi connectivity index (χ3n) is 1.78. The molecule has 2 aromatic heterocycles. The van der Waals surface area contributed by atoms with Gasteiger partial charge in [-0.25, -0.2) is 9.37 Å². The molecule has 0 spiro atoms. The van der Waals surface area contributed by atoms with E-state index in [-0.39, 0.29) is 5.82 Å². The summed E-state index contributed by atoms with van der Waals surface area (Å²) >= 11 is 1.41. The molecule has 68 valence electrons. The van der Waals surface area contributed by atoms with Gasteiger partial charge in [0.2, 0.25) is 0 Å². The highest BCUT2D eigenvalue weighted by Crippen LogP contribution is 2.25. The summed E-state index contributed by atoms with van der Waals surface area (Å²) in [4.78, 5) is 4.04. The average molecular weight is 197 g/mol. The highest BCUT2D eigenvalue weighted by atomic mass is 32.1. The Morgan fingerprint density at radius 1 is 1.54 bits per heavy atom. The van der Waals surface area contributed by atoms with Gasteiger partial charge in [-0.3, -0.25) is 4.68 Å². The summed E-state index contributed by atoms with van der Waals surface area (Å²) in [5, 5.41) is 6.46. The Balaban J connectivity index is 2.64. The summed E-state index contributed by atoms with van der Waals surface area (Å²) in [7, 11) is 1.72. The van der Waals surface area contributed by atoms with Crippen LogP contribution in [0.2, 0.25) is 0 Å². The van der Waals surface area contributed by atoms with Crippen LogP contribution in [0.1, 0.15) is 5.69 Å². The van der Waals surface area contributed by atoms with Crippen LogP contribution in [-0.2, 0) is 7.05 Å².